The second-order valence-corrected chi connectivity index (χ2v) is 4.92. The third-order valence-corrected chi connectivity index (χ3v) is 3.37. The molecule has 0 atom stereocenters. The lowest BCUT2D eigenvalue weighted by atomic mass is 10.1. The average molecular weight is 342 g/mol. The Balaban J connectivity index is 2.13. The van der Waals surface area contributed by atoms with Gasteiger partial charge in [-0.1, -0.05) is 18.2 Å². The number of anilines is 1. The maximum atomic E-state index is 12.1. The molecule has 0 unspecified atom stereocenters. The zero-order valence-corrected chi connectivity index (χ0v) is 13.8. The number of carbonyl (C=O) groups excluding carboxylic acids is 2. The van der Waals surface area contributed by atoms with Crippen molar-refractivity contribution in [3.05, 3.63) is 59.7 Å². The van der Waals surface area contributed by atoms with Crippen molar-refractivity contribution in [1.29, 1.82) is 0 Å². The summed E-state index contributed by atoms with van der Waals surface area (Å²) in [5, 5.41) is 11.3. The van der Waals surface area contributed by atoms with Gasteiger partial charge < -0.3 is 14.8 Å². The van der Waals surface area contributed by atoms with Crippen molar-refractivity contribution in [1.82, 2.24) is 5.48 Å². The highest BCUT2D eigenvalue weighted by Crippen LogP contribution is 2.28. The summed E-state index contributed by atoms with van der Waals surface area (Å²) < 4.78 is 10.4. The van der Waals surface area contributed by atoms with Crippen molar-refractivity contribution in [2.24, 2.45) is 0 Å². The molecular weight excluding hydrogens is 324 g/mol. The van der Waals surface area contributed by atoms with E-state index in [0.29, 0.717) is 11.5 Å². The van der Waals surface area contributed by atoms with E-state index >= 15 is 0 Å². The highest BCUT2D eigenvalue weighted by Gasteiger charge is 2.11. The van der Waals surface area contributed by atoms with E-state index in [2.05, 4.69) is 5.32 Å². The van der Waals surface area contributed by atoms with Crippen molar-refractivity contribution in [3.63, 3.8) is 0 Å². The van der Waals surface area contributed by atoms with Gasteiger partial charge in [-0.2, -0.15) is 0 Å². The van der Waals surface area contributed by atoms with Crippen LogP contribution in [0.3, 0.4) is 0 Å². The predicted molar refractivity (Wildman–Crippen MR) is 92.9 cm³/mol. The molecule has 0 aliphatic heterocycles. The molecule has 0 saturated heterocycles. The van der Waals surface area contributed by atoms with Crippen molar-refractivity contribution >= 4 is 23.6 Å². The van der Waals surface area contributed by atoms with Crippen molar-refractivity contribution in [2.75, 3.05) is 19.5 Å². The van der Waals surface area contributed by atoms with Crippen LogP contribution in [0.1, 0.15) is 15.9 Å². The summed E-state index contributed by atoms with van der Waals surface area (Å²) in [7, 11) is 3.07. The summed E-state index contributed by atoms with van der Waals surface area (Å²) in [6.45, 7) is 0. The normalized spacial score (nSPS) is 10.4. The van der Waals surface area contributed by atoms with Crippen LogP contribution in [-0.4, -0.2) is 31.2 Å². The van der Waals surface area contributed by atoms with Crippen LogP contribution in [0.2, 0.25) is 0 Å². The first-order valence-corrected chi connectivity index (χ1v) is 7.33. The van der Waals surface area contributed by atoms with Gasteiger partial charge in [0.05, 0.1) is 25.5 Å². The minimum absolute atomic E-state index is 0.151. The van der Waals surface area contributed by atoms with E-state index in [1.165, 1.54) is 19.3 Å². The smallest absolute Gasteiger partial charge is 0.276 e. The minimum Gasteiger partial charge on any atom is -0.493 e. The van der Waals surface area contributed by atoms with Gasteiger partial charge in [0.25, 0.3) is 5.91 Å². The third kappa shape index (κ3) is 4.58. The van der Waals surface area contributed by atoms with Crippen LogP contribution in [0.5, 0.6) is 11.5 Å². The summed E-state index contributed by atoms with van der Waals surface area (Å²) in [6, 6.07) is 11.6. The van der Waals surface area contributed by atoms with Gasteiger partial charge in [-0.15, -0.1) is 0 Å². The lowest BCUT2D eigenvalue weighted by Gasteiger charge is -2.08. The van der Waals surface area contributed by atoms with E-state index in [0.717, 1.165) is 5.56 Å². The number of amides is 2. The van der Waals surface area contributed by atoms with Gasteiger partial charge in [-0.25, -0.2) is 5.48 Å². The molecule has 130 valence electrons. The highest BCUT2D eigenvalue weighted by atomic mass is 16.5. The first-order valence-electron chi connectivity index (χ1n) is 7.33. The molecule has 0 radical (unpaired) electrons. The number of rotatable bonds is 6. The van der Waals surface area contributed by atoms with Gasteiger partial charge in [0.1, 0.15) is 0 Å². The van der Waals surface area contributed by atoms with Crippen LogP contribution >= 0.6 is 0 Å². The van der Waals surface area contributed by atoms with Crippen LogP contribution < -0.4 is 20.3 Å². The van der Waals surface area contributed by atoms with Gasteiger partial charge in [0, 0.05) is 6.08 Å². The summed E-state index contributed by atoms with van der Waals surface area (Å²) >= 11 is 0. The number of hydroxylamine groups is 1. The molecule has 7 nitrogen and oxygen atoms in total. The van der Waals surface area contributed by atoms with Crippen LogP contribution in [0, 0.1) is 0 Å². The molecule has 2 aromatic carbocycles. The minimum atomic E-state index is -0.709. The Kier molecular flexibility index (Phi) is 6.14. The van der Waals surface area contributed by atoms with Crippen LogP contribution in [0.15, 0.2) is 48.5 Å². The Morgan fingerprint density at radius 1 is 1.04 bits per heavy atom. The van der Waals surface area contributed by atoms with E-state index in [9.17, 15) is 9.59 Å². The zero-order valence-electron chi connectivity index (χ0n) is 13.8. The number of ether oxygens (including phenoxy) is 2. The second-order valence-electron chi connectivity index (χ2n) is 4.92. The van der Waals surface area contributed by atoms with Crippen LogP contribution in [0.4, 0.5) is 5.69 Å². The molecule has 0 heterocycles. The Hall–Kier alpha value is -3.32. The summed E-state index contributed by atoms with van der Waals surface area (Å²) in [5.74, 6) is 0.0100. The fourth-order valence-corrected chi connectivity index (χ4v) is 2.15. The summed E-state index contributed by atoms with van der Waals surface area (Å²) in [4.78, 5) is 23.6. The summed E-state index contributed by atoms with van der Waals surface area (Å²) in [5.41, 5.74) is 2.73. The number of para-hydroxylation sites is 1. The van der Waals surface area contributed by atoms with E-state index in [1.54, 1.807) is 55.1 Å². The highest BCUT2D eigenvalue weighted by molar-refractivity contribution is 6.07. The lowest BCUT2D eigenvalue weighted by Crippen LogP contribution is -2.21. The Bertz CT molecular complexity index is 802. The van der Waals surface area contributed by atoms with Crippen LogP contribution in [0.25, 0.3) is 6.08 Å². The molecule has 2 rings (SSSR count). The quantitative estimate of drug-likeness (QED) is 0.426. The molecule has 0 bridgehead atoms. The SMILES string of the molecule is COc1ccc(C=CC(=O)Nc2ccccc2C(=O)NO)cc1OC. The van der Waals surface area contributed by atoms with E-state index in [-0.39, 0.29) is 11.3 Å². The first-order chi connectivity index (χ1) is 12.1. The molecule has 0 aromatic heterocycles. The standard InChI is InChI=1S/C18H18N2O5/c1-24-15-9-7-12(11-16(15)25-2)8-10-17(21)19-14-6-4-3-5-13(14)18(22)20-23/h3-11,23H,1-2H3,(H,19,21)(H,20,22). The molecule has 2 aromatic rings. The molecule has 0 aliphatic carbocycles. The number of nitrogens with one attached hydrogen (secondary N) is 2. The molecule has 7 heteroatoms. The molecule has 2 amide bonds. The van der Waals surface area contributed by atoms with Crippen LogP contribution in [-0.2, 0) is 4.79 Å². The zero-order chi connectivity index (χ0) is 18.2. The van der Waals surface area contributed by atoms with Crippen molar-refractivity contribution in [2.45, 2.75) is 0 Å². The van der Waals surface area contributed by atoms with Crippen molar-refractivity contribution in [3.8, 4) is 11.5 Å². The van der Waals surface area contributed by atoms with E-state index < -0.39 is 11.8 Å². The molecular formula is C18H18N2O5. The lowest BCUT2D eigenvalue weighted by molar-refractivity contribution is -0.111. The molecule has 0 spiro atoms. The van der Waals surface area contributed by atoms with Gasteiger partial charge in [-0.3, -0.25) is 14.8 Å². The maximum Gasteiger partial charge on any atom is 0.276 e. The number of carbonyl (C=O) groups is 2. The molecule has 0 saturated carbocycles. The second kappa shape index (κ2) is 8.51. The third-order valence-electron chi connectivity index (χ3n) is 3.37. The topological polar surface area (TPSA) is 96.9 Å². The Labute approximate surface area is 144 Å². The van der Waals surface area contributed by atoms with Gasteiger partial charge in [0.15, 0.2) is 11.5 Å². The average Bonchev–Trinajstić information content (AvgIpc) is 2.65. The monoisotopic (exact) mass is 342 g/mol. The van der Waals surface area contributed by atoms with Gasteiger partial charge in [-0.05, 0) is 35.9 Å². The molecule has 0 aliphatic rings. The molecule has 0 fully saturated rings. The number of hydrogen-bond acceptors (Lipinski definition) is 5. The largest absolute Gasteiger partial charge is 0.493 e. The Morgan fingerprint density at radius 2 is 1.76 bits per heavy atom. The summed E-state index contributed by atoms with van der Waals surface area (Å²) in [6.07, 6.45) is 2.93. The molecule has 3 N–H and O–H groups in total. The predicted octanol–water partition coefficient (Wildman–Crippen LogP) is 2.47. The van der Waals surface area contributed by atoms with Gasteiger partial charge in [0.2, 0.25) is 5.91 Å². The van der Waals surface area contributed by atoms with Gasteiger partial charge >= 0.3 is 0 Å². The van der Waals surface area contributed by atoms with E-state index in [1.807, 2.05) is 0 Å². The number of methoxy groups -OCH3 is 2. The maximum absolute atomic E-state index is 12.1. The Morgan fingerprint density at radius 3 is 2.44 bits per heavy atom. The number of hydrogen-bond donors (Lipinski definition) is 3. The van der Waals surface area contributed by atoms with Crippen molar-refractivity contribution < 1.29 is 24.3 Å². The fourth-order valence-electron chi connectivity index (χ4n) is 2.15. The molecule has 25 heavy (non-hydrogen) atoms. The number of benzene rings is 2. The fraction of sp³-hybridized carbons (Fsp3) is 0.111. The first kappa shape index (κ1) is 18.0. The van der Waals surface area contributed by atoms with E-state index in [4.69, 9.17) is 14.7 Å².